The van der Waals surface area contributed by atoms with E-state index >= 15 is 0 Å². The number of hydrogen-bond acceptors (Lipinski definition) is 4. The van der Waals surface area contributed by atoms with Gasteiger partial charge in [0, 0.05) is 56.4 Å². The van der Waals surface area contributed by atoms with Gasteiger partial charge < -0.3 is 14.7 Å². The number of nitrogens with zero attached hydrogens (tertiary/aromatic N) is 4. The van der Waals surface area contributed by atoms with Crippen molar-refractivity contribution in [3.05, 3.63) is 52.1 Å². The number of halogens is 3. The minimum Gasteiger partial charge on any atom is -0.359 e. The average molecular weight is 522 g/mol. The molecule has 0 unspecified atom stereocenters. The zero-order valence-corrected chi connectivity index (χ0v) is 19.2. The molecule has 0 radical (unpaired) electrons. The molecule has 1 aromatic heterocycles. The number of benzene rings is 1. The van der Waals surface area contributed by atoms with E-state index in [0.717, 1.165) is 50.0 Å². The molecule has 2 aromatic rings. The molecule has 1 N–H and O–H groups in total. The van der Waals surface area contributed by atoms with Gasteiger partial charge in [-0.1, -0.05) is 29.7 Å². The number of rotatable bonds is 5. The molecule has 1 aliphatic heterocycles. The van der Waals surface area contributed by atoms with Gasteiger partial charge >= 0.3 is 0 Å². The number of aryl methyl sites for hydroxylation is 1. The van der Waals surface area contributed by atoms with Crippen LogP contribution >= 0.6 is 35.6 Å². The lowest BCUT2D eigenvalue weighted by atomic mass is 10.2. The Morgan fingerprint density at radius 1 is 1.32 bits per heavy atom. The molecule has 154 valence electrons. The van der Waals surface area contributed by atoms with Crippen LogP contribution in [0.5, 0.6) is 0 Å². The van der Waals surface area contributed by atoms with Crippen LogP contribution in [0.25, 0.3) is 0 Å². The van der Waals surface area contributed by atoms with Gasteiger partial charge in [-0.15, -0.1) is 24.0 Å². The van der Waals surface area contributed by atoms with Crippen LogP contribution in [0.1, 0.15) is 23.9 Å². The Labute approximate surface area is 187 Å². The molecule has 0 spiro atoms. The minimum absolute atomic E-state index is 0. The van der Waals surface area contributed by atoms with E-state index < -0.39 is 0 Å². The molecule has 28 heavy (non-hydrogen) atoms. The normalized spacial score (nSPS) is 15.4. The van der Waals surface area contributed by atoms with E-state index in [2.05, 4.69) is 25.3 Å². The van der Waals surface area contributed by atoms with Crippen LogP contribution in [-0.4, -0.2) is 54.1 Å². The number of aliphatic imine (C=N–C) groups is 1. The Morgan fingerprint density at radius 3 is 2.68 bits per heavy atom. The van der Waals surface area contributed by atoms with E-state index in [-0.39, 0.29) is 29.8 Å². The second-order valence-electron chi connectivity index (χ2n) is 6.50. The van der Waals surface area contributed by atoms with E-state index in [9.17, 15) is 4.39 Å². The van der Waals surface area contributed by atoms with Crippen molar-refractivity contribution >= 4 is 41.5 Å². The standard InChI is InChI=1S/C19H25ClFN5O.HI/c1-3-14-11-15(27-24-14)12-23-19(22-2)26-9-7-25(8-10-26)13-16-17(20)5-4-6-18(16)21;/h4-6,11H,3,7-10,12-13H2,1-2H3,(H,22,23);1H. The molecule has 1 aliphatic rings. The summed E-state index contributed by atoms with van der Waals surface area (Å²) < 4.78 is 19.3. The topological polar surface area (TPSA) is 56.9 Å². The van der Waals surface area contributed by atoms with E-state index in [1.54, 1.807) is 19.2 Å². The van der Waals surface area contributed by atoms with Crippen molar-refractivity contribution in [1.29, 1.82) is 0 Å². The molecule has 6 nitrogen and oxygen atoms in total. The second-order valence-corrected chi connectivity index (χ2v) is 6.91. The van der Waals surface area contributed by atoms with Crippen LogP contribution in [0, 0.1) is 5.82 Å². The summed E-state index contributed by atoms with van der Waals surface area (Å²) in [7, 11) is 1.77. The van der Waals surface area contributed by atoms with Gasteiger partial charge in [0.15, 0.2) is 11.7 Å². The molecule has 0 atom stereocenters. The molecule has 1 aromatic carbocycles. The van der Waals surface area contributed by atoms with Gasteiger partial charge in [-0.25, -0.2) is 4.39 Å². The summed E-state index contributed by atoms with van der Waals surface area (Å²) >= 11 is 6.14. The highest BCUT2D eigenvalue weighted by atomic mass is 127. The van der Waals surface area contributed by atoms with Crippen molar-refractivity contribution in [2.24, 2.45) is 4.99 Å². The van der Waals surface area contributed by atoms with Crippen LogP contribution in [0.3, 0.4) is 0 Å². The van der Waals surface area contributed by atoms with E-state index in [1.807, 2.05) is 13.0 Å². The fraction of sp³-hybridized carbons (Fsp3) is 0.474. The molecule has 9 heteroatoms. The first kappa shape index (κ1) is 22.9. The summed E-state index contributed by atoms with van der Waals surface area (Å²) in [4.78, 5) is 8.76. The predicted octanol–water partition coefficient (Wildman–Crippen LogP) is 3.54. The Morgan fingerprint density at radius 2 is 2.07 bits per heavy atom. The summed E-state index contributed by atoms with van der Waals surface area (Å²) in [6.07, 6.45) is 0.853. The van der Waals surface area contributed by atoms with E-state index in [4.69, 9.17) is 16.1 Å². The molecule has 0 bridgehead atoms. The van der Waals surface area contributed by atoms with E-state index in [1.165, 1.54) is 6.07 Å². The summed E-state index contributed by atoms with van der Waals surface area (Å²) in [5.74, 6) is 1.37. The Kier molecular flexibility index (Phi) is 8.97. The quantitative estimate of drug-likeness (QED) is 0.371. The van der Waals surface area contributed by atoms with Gasteiger partial charge in [-0.05, 0) is 18.6 Å². The van der Waals surface area contributed by atoms with Crippen LogP contribution < -0.4 is 5.32 Å². The number of aromatic nitrogens is 1. The molecule has 0 aliphatic carbocycles. The van der Waals surface area contributed by atoms with Gasteiger partial charge in [0.25, 0.3) is 0 Å². The Bertz CT molecular complexity index is 772. The minimum atomic E-state index is -0.249. The lowest BCUT2D eigenvalue weighted by Gasteiger charge is -2.36. The maximum atomic E-state index is 14.0. The van der Waals surface area contributed by atoms with Crippen molar-refractivity contribution in [2.75, 3.05) is 33.2 Å². The zero-order valence-electron chi connectivity index (χ0n) is 16.1. The van der Waals surface area contributed by atoms with Gasteiger partial charge in [0.05, 0.1) is 12.2 Å². The van der Waals surface area contributed by atoms with Crippen molar-refractivity contribution in [2.45, 2.75) is 26.4 Å². The first-order valence-corrected chi connectivity index (χ1v) is 9.53. The largest absolute Gasteiger partial charge is 0.359 e. The number of piperazine rings is 1. The van der Waals surface area contributed by atoms with Gasteiger partial charge in [-0.2, -0.15) is 0 Å². The van der Waals surface area contributed by atoms with Gasteiger partial charge in [-0.3, -0.25) is 9.89 Å². The van der Waals surface area contributed by atoms with Crippen LogP contribution in [0.15, 0.2) is 33.8 Å². The first-order chi connectivity index (χ1) is 13.1. The first-order valence-electron chi connectivity index (χ1n) is 9.16. The fourth-order valence-corrected chi connectivity index (χ4v) is 3.35. The molecule has 3 rings (SSSR count). The third-order valence-electron chi connectivity index (χ3n) is 4.72. The monoisotopic (exact) mass is 521 g/mol. The predicted molar refractivity (Wildman–Crippen MR) is 120 cm³/mol. The SMILES string of the molecule is CCc1cc(CNC(=NC)N2CCN(Cc3c(F)cccc3Cl)CC2)on1.I. The number of hydrogen-bond donors (Lipinski definition) is 1. The van der Waals surface area contributed by atoms with Crippen molar-refractivity contribution in [1.82, 2.24) is 20.3 Å². The summed E-state index contributed by atoms with van der Waals surface area (Å²) in [6, 6.07) is 6.77. The lowest BCUT2D eigenvalue weighted by Crippen LogP contribution is -2.52. The van der Waals surface area contributed by atoms with Gasteiger partial charge in [0.2, 0.25) is 0 Å². The highest BCUT2D eigenvalue weighted by molar-refractivity contribution is 14.0. The van der Waals surface area contributed by atoms with Crippen molar-refractivity contribution in [3.63, 3.8) is 0 Å². The average Bonchev–Trinajstić information content (AvgIpc) is 3.14. The Balaban J connectivity index is 0.00000280. The number of nitrogens with one attached hydrogen (secondary N) is 1. The zero-order chi connectivity index (χ0) is 19.2. The summed E-state index contributed by atoms with van der Waals surface area (Å²) in [6.45, 7) is 6.35. The summed E-state index contributed by atoms with van der Waals surface area (Å²) in [5.41, 5.74) is 1.51. The molecular formula is C19H26ClFIN5O. The Hall–Kier alpha value is -1.39. The van der Waals surface area contributed by atoms with Crippen LogP contribution in [0.4, 0.5) is 4.39 Å². The maximum absolute atomic E-state index is 14.0. The van der Waals surface area contributed by atoms with Gasteiger partial charge in [0.1, 0.15) is 5.82 Å². The highest BCUT2D eigenvalue weighted by Gasteiger charge is 2.21. The van der Waals surface area contributed by atoms with Crippen LogP contribution in [-0.2, 0) is 19.5 Å². The van der Waals surface area contributed by atoms with E-state index in [0.29, 0.717) is 23.7 Å². The lowest BCUT2D eigenvalue weighted by molar-refractivity contribution is 0.170. The third kappa shape index (κ3) is 5.81. The number of guanidine groups is 1. The molecule has 1 fully saturated rings. The van der Waals surface area contributed by atoms with Crippen molar-refractivity contribution in [3.8, 4) is 0 Å². The summed E-state index contributed by atoms with van der Waals surface area (Å²) in [5, 5.41) is 7.80. The molecule has 2 heterocycles. The van der Waals surface area contributed by atoms with Crippen LogP contribution in [0.2, 0.25) is 5.02 Å². The molecule has 0 amide bonds. The van der Waals surface area contributed by atoms with Crippen molar-refractivity contribution < 1.29 is 8.91 Å². The molecule has 1 saturated heterocycles. The third-order valence-corrected chi connectivity index (χ3v) is 5.07. The highest BCUT2D eigenvalue weighted by Crippen LogP contribution is 2.21. The fourth-order valence-electron chi connectivity index (χ4n) is 3.13. The smallest absolute Gasteiger partial charge is 0.194 e. The molecule has 0 saturated carbocycles. The second kappa shape index (κ2) is 11.0. The maximum Gasteiger partial charge on any atom is 0.194 e. The molecular weight excluding hydrogens is 496 g/mol.